The maximum atomic E-state index is 10.8. The van der Waals surface area contributed by atoms with E-state index in [1.54, 1.807) is 7.11 Å². The predicted molar refractivity (Wildman–Crippen MR) is 72.2 cm³/mol. The third kappa shape index (κ3) is 6.58. The molecule has 1 aromatic rings. The highest BCUT2D eigenvalue weighted by atomic mass is 32.2. The third-order valence-electron chi connectivity index (χ3n) is 2.38. The maximum absolute atomic E-state index is 10.8. The fraction of sp³-hybridized carbons (Fsp3) is 0.500. The Labute approximate surface area is 109 Å². The summed E-state index contributed by atoms with van der Waals surface area (Å²) in [7, 11) is -1.42. The average Bonchev–Trinajstić information content (AvgIpc) is 2.33. The molecule has 0 saturated heterocycles. The molecule has 1 aromatic carbocycles. The van der Waals surface area contributed by atoms with Gasteiger partial charge in [-0.1, -0.05) is 12.1 Å². The molecule has 0 heterocycles. The summed E-state index contributed by atoms with van der Waals surface area (Å²) in [6.45, 7) is 2.01. The van der Waals surface area contributed by atoms with Crippen LogP contribution in [0.15, 0.2) is 24.3 Å². The summed E-state index contributed by atoms with van der Waals surface area (Å²) in [6, 6.07) is 7.84. The molecule has 0 saturated carbocycles. The van der Waals surface area contributed by atoms with Gasteiger partial charge in [0.15, 0.2) is 0 Å². The number of hydrogen-bond donors (Lipinski definition) is 2. The lowest BCUT2D eigenvalue weighted by atomic mass is 10.2. The molecule has 18 heavy (non-hydrogen) atoms. The van der Waals surface area contributed by atoms with Gasteiger partial charge in [0.1, 0.15) is 5.75 Å². The first-order chi connectivity index (χ1) is 8.51. The minimum atomic E-state index is -3.06. The van der Waals surface area contributed by atoms with Gasteiger partial charge in [0.25, 0.3) is 0 Å². The Morgan fingerprint density at radius 1 is 1.17 bits per heavy atom. The molecule has 2 N–H and O–H groups in total. The zero-order valence-corrected chi connectivity index (χ0v) is 11.6. The lowest BCUT2D eigenvalue weighted by molar-refractivity contribution is 0.414. The van der Waals surface area contributed by atoms with E-state index in [0.717, 1.165) is 31.5 Å². The van der Waals surface area contributed by atoms with Gasteiger partial charge >= 0.3 is 0 Å². The molecule has 102 valence electrons. The number of ether oxygens (including phenoxy) is 1. The van der Waals surface area contributed by atoms with Crippen molar-refractivity contribution in [3.05, 3.63) is 29.8 Å². The molecule has 0 amide bonds. The van der Waals surface area contributed by atoms with Crippen LogP contribution in [0.1, 0.15) is 12.0 Å². The van der Waals surface area contributed by atoms with E-state index in [9.17, 15) is 8.42 Å². The van der Waals surface area contributed by atoms with Gasteiger partial charge in [0.2, 0.25) is 10.0 Å². The number of rotatable bonds is 8. The minimum absolute atomic E-state index is 0.467. The molecule has 0 bridgehead atoms. The number of benzene rings is 1. The van der Waals surface area contributed by atoms with E-state index in [1.807, 2.05) is 24.3 Å². The Hall–Kier alpha value is -1.11. The number of sulfonamides is 1. The van der Waals surface area contributed by atoms with Crippen LogP contribution in [0.3, 0.4) is 0 Å². The van der Waals surface area contributed by atoms with Crippen LogP contribution in [0, 0.1) is 0 Å². The van der Waals surface area contributed by atoms with Crippen LogP contribution < -0.4 is 14.8 Å². The molecule has 5 nitrogen and oxygen atoms in total. The molecule has 0 aromatic heterocycles. The van der Waals surface area contributed by atoms with Crippen molar-refractivity contribution >= 4 is 10.0 Å². The van der Waals surface area contributed by atoms with Crippen molar-refractivity contribution < 1.29 is 13.2 Å². The van der Waals surface area contributed by atoms with Crippen molar-refractivity contribution in [3.63, 3.8) is 0 Å². The Morgan fingerprint density at radius 3 is 2.39 bits per heavy atom. The van der Waals surface area contributed by atoms with Gasteiger partial charge < -0.3 is 10.1 Å². The summed E-state index contributed by atoms with van der Waals surface area (Å²) in [5, 5.41) is 3.25. The second-order valence-corrected chi connectivity index (χ2v) is 5.88. The van der Waals surface area contributed by atoms with Crippen molar-refractivity contribution in [1.82, 2.24) is 10.0 Å². The molecular formula is C12H20N2O3S. The summed E-state index contributed by atoms with van der Waals surface area (Å²) in [5.74, 6) is 0.844. The molecule has 0 aliphatic carbocycles. The Morgan fingerprint density at radius 2 is 1.83 bits per heavy atom. The first-order valence-corrected chi connectivity index (χ1v) is 7.69. The standard InChI is InChI=1S/C12H20N2O3S/c1-17-12-6-4-11(5-7-12)10-13-8-3-9-14-18(2,15)16/h4-7,13-14H,3,8-10H2,1-2H3. The van der Waals surface area contributed by atoms with Gasteiger partial charge in [-0.3, -0.25) is 0 Å². The predicted octanol–water partition coefficient (Wildman–Crippen LogP) is 0.724. The summed E-state index contributed by atoms with van der Waals surface area (Å²) in [5.41, 5.74) is 1.17. The molecule has 0 aliphatic rings. The van der Waals surface area contributed by atoms with Crippen LogP contribution in [0.25, 0.3) is 0 Å². The fourth-order valence-electron chi connectivity index (χ4n) is 1.45. The summed E-state index contributed by atoms with van der Waals surface area (Å²) in [6.07, 6.45) is 1.93. The van der Waals surface area contributed by atoms with Crippen LogP contribution in [0.2, 0.25) is 0 Å². The summed E-state index contributed by atoms with van der Waals surface area (Å²) < 4.78 is 29.1. The normalized spacial score (nSPS) is 11.4. The topological polar surface area (TPSA) is 67.4 Å². The van der Waals surface area contributed by atoms with Gasteiger partial charge in [-0.15, -0.1) is 0 Å². The zero-order valence-electron chi connectivity index (χ0n) is 10.8. The van der Waals surface area contributed by atoms with E-state index >= 15 is 0 Å². The number of hydrogen-bond acceptors (Lipinski definition) is 4. The lowest BCUT2D eigenvalue weighted by Crippen LogP contribution is -2.26. The highest BCUT2D eigenvalue weighted by molar-refractivity contribution is 7.88. The highest BCUT2D eigenvalue weighted by Gasteiger charge is 1.98. The van der Waals surface area contributed by atoms with Crippen molar-refractivity contribution in [2.75, 3.05) is 26.5 Å². The van der Waals surface area contributed by atoms with E-state index in [0.29, 0.717) is 6.54 Å². The van der Waals surface area contributed by atoms with Gasteiger partial charge in [-0.05, 0) is 30.7 Å². The van der Waals surface area contributed by atoms with Crippen LogP contribution in [0.5, 0.6) is 5.75 Å². The van der Waals surface area contributed by atoms with Gasteiger partial charge in [-0.25, -0.2) is 13.1 Å². The second-order valence-electron chi connectivity index (χ2n) is 4.04. The van der Waals surface area contributed by atoms with Gasteiger partial charge in [0.05, 0.1) is 13.4 Å². The molecule has 1 rings (SSSR count). The fourth-order valence-corrected chi connectivity index (χ4v) is 1.96. The van der Waals surface area contributed by atoms with Crippen molar-refractivity contribution in [3.8, 4) is 5.75 Å². The maximum Gasteiger partial charge on any atom is 0.208 e. The first-order valence-electron chi connectivity index (χ1n) is 5.79. The third-order valence-corrected chi connectivity index (χ3v) is 3.11. The Bertz CT molecular complexity index is 443. The van der Waals surface area contributed by atoms with E-state index < -0.39 is 10.0 Å². The van der Waals surface area contributed by atoms with Crippen LogP contribution in [-0.2, 0) is 16.6 Å². The largest absolute Gasteiger partial charge is 0.497 e. The van der Waals surface area contributed by atoms with E-state index in [-0.39, 0.29) is 0 Å². The van der Waals surface area contributed by atoms with Gasteiger partial charge in [0, 0.05) is 13.1 Å². The van der Waals surface area contributed by atoms with E-state index in [2.05, 4.69) is 10.0 Å². The molecular weight excluding hydrogens is 252 g/mol. The molecule has 0 atom stereocenters. The van der Waals surface area contributed by atoms with Gasteiger partial charge in [-0.2, -0.15) is 0 Å². The number of nitrogens with one attached hydrogen (secondary N) is 2. The van der Waals surface area contributed by atoms with Crippen LogP contribution >= 0.6 is 0 Å². The van der Waals surface area contributed by atoms with Crippen LogP contribution in [-0.4, -0.2) is 34.9 Å². The Balaban J connectivity index is 2.14. The van der Waals surface area contributed by atoms with Crippen molar-refractivity contribution in [2.24, 2.45) is 0 Å². The molecule has 6 heteroatoms. The van der Waals surface area contributed by atoms with E-state index in [1.165, 1.54) is 5.56 Å². The summed E-state index contributed by atoms with van der Waals surface area (Å²) >= 11 is 0. The first kappa shape index (κ1) is 14.9. The second kappa shape index (κ2) is 7.35. The quantitative estimate of drug-likeness (QED) is 0.684. The smallest absolute Gasteiger partial charge is 0.208 e. The molecule has 0 fully saturated rings. The zero-order chi connectivity index (χ0) is 13.4. The Kier molecular flexibility index (Phi) is 6.11. The molecule has 0 spiro atoms. The molecule has 0 aliphatic heterocycles. The SMILES string of the molecule is COc1ccc(CNCCCNS(C)(=O)=O)cc1. The minimum Gasteiger partial charge on any atom is -0.497 e. The van der Waals surface area contributed by atoms with Crippen LogP contribution in [0.4, 0.5) is 0 Å². The number of methoxy groups -OCH3 is 1. The lowest BCUT2D eigenvalue weighted by Gasteiger charge is -2.06. The summed E-state index contributed by atoms with van der Waals surface area (Å²) in [4.78, 5) is 0. The van der Waals surface area contributed by atoms with Crippen molar-refractivity contribution in [1.29, 1.82) is 0 Å². The van der Waals surface area contributed by atoms with Crippen molar-refractivity contribution in [2.45, 2.75) is 13.0 Å². The molecule has 0 radical (unpaired) electrons. The van der Waals surface area contributed by atoms with E-state index in [4.69, 9.17) is 4.74 Å². The molecule has 0 unspecified atom stereocenters. The monoisotopic (exact) mass is 272 g/mol. The average molecular weight is 272 g/mol. The highest BCUT2D eigenvalue weighted by Crippen LogP contribution is 2.10.